The lowest BCUT2D eigenvalue weighted by Crippen LogP contribution is -2.28. The van der Waals surface area contributed by atoms with Crippen LogP contribution in [0.5, 0.6) is 0 Å². The minimum atomic E-state index is -0.387. The third kappa shape index (κ3) is 4.31. The minimum absolute atomic E-state index is 0.0239. The van der Waals surface area contributed by atoms with Crippen LogP contribution in [-0.2, 0) is 20.8 Å². The topological polar surface area (TPSA) is 78.5 Å². The molecule has 0 bridgehead atoms. The van der Waals surface area contributed by atoms with Gasteiger partial charge in [0, 0.05) is 35.9 Å². The Bertz CT molecular complexity index is 935. The highest BCUT2D eigenvalue weighted by molar-refractivity contribution is 6.04. The average molecular weight is 391 g/mol. The number of aryl methyl sites for hydroxylation is 1. The van der Waals surface area contributed by atoms with Crippen molar-refractivity contribution in [3.05, 3.63) is 54.1 Å². The molecule has 1 aliphatic heterocycles. The first kappa shape index (κ1) is 19.2. The molecule has 6 heteroatoms. The molecule has 1 atom stereocenters. The van der Waals surface area contributed by atoms with Gasteiger partial charge in [-0.05, 0) is 55.2 Å². The SMILES string of the molecule is CCc1ccccc1N1CC(C(=O)Nc2ccc(NC(=O)C3CC3)cc2)CC1=O. The predicted octanol–water partition coefficient (Wildman–Crippen LogP) is 3.59. The van der Waals surface area contributed by atoms with Crippen molar-refractivity contribution in [3.63, 3.8) is 0 Å². The maximum Gasteiger partial charge on any atom is 0.229 e. The fourth-order valence-electron chi connectivity index (χ4n) is 3.66. The molecule has 0 spiro atoms. The lowest BCUT2D eigenvalue weighted by molar-refractivity contribution is -0.122. The number of nitrogens with one attached hydrogen (secondary N) is 2. The van der Waals surface area contributed by atoms with Gasteiger partial charge in [0.15, 0.2) is 0 Å². The Balaban J connectivity index is 1.37. The lowest BCUT2D eigenvalue weighted by atomic mass is 10.1. The van der Waals surface area contributed by atoms with Crippen molar-refractivity contribution in [1.82, 2.24) is 0 Å². The van der Waals surface area contributed by atoms with Gasteiger partial charge in [-0.25, -0.2) is 0 Å². The summed E-state index contributed by atoms with van der Waals surface area (Å²) in [4.78, 5) is 38.8. The van der Waals surface area contributed by atoms with Crippen LogP contribution in [0.3, 0.4) is 0 Å². The summed E-state index contributed by atoms with van der Waals surface area (Å²) in [7, 11) is 0. The Morgan fingerprint density at radius 1 is 0.931 bits per heavy atom. The van der Waals surface area contributed by atoms with Gasteiger partial charge in [-0.1, -0.05) is 25.1 Å². The molecule has 0 aromatic heterocycles. The zero-order valence-electron chi connectivity index (χ0n) is 16.5. The number of hydrogen-bond donors (Lipinski definition) is 2. The fraction of sp³-hybridized carbons (Fsp3) is 0.348. The summed E-state index contributed by atoms with van der Waals surface area (Å²) in [6.45, 7) is 2.44. The zero-order chi connectivity index (χ0) is 20.4. The van der Waals surface area contributed by atoms with Crippen molar-refractivity contribution in [2.75, 3.05) is 22.1 Å². The summed E-state index contributed by atoms with van der Waals surface area (Å²) in [5, 5.41) is 5.77. The first-order chi connectivity index (χ1) is 14.0. The van der Waals surface area contributed by atoms with Crippen LogP contribution in [0.25, 0.3) is 0 Å². The van der Waals surface area contributed by atoms with Crippen LogP contribution in [0, 0.1) is 11.8 Å². The van der Waals surface area contributed by atoms with Crippen molar-refractivity contribution >= 4 is 34.8 Å². The largest absolute Gasteiger partial charge is 0.326 e. The third-order valence-electron chi connectivity index (χ3n) is 5.53. The van der Waals surface area contributed by atoms with Gasteiger partial charge in [0.25, 0.3) is 0 Å². The van der Waals surface area contributed by atoms with E-state index in [4.69, 9.17) is 0 Å². The number of amides is 3. The third-order valence-corrected chi connectivity index (χ3v) is 5.53. The second-order valence-electron chi connectivity index (χ2n) is 7.72. The molecule has 2 aromatic rings. The Hall–Kier alpha value is -3.15. The molecule has 6 nitrogen and oxygen atoms in total. The highest BCUT2D eigenvalue weighted by atomic mass is 16.2. The molecule has 0 radical (unpaired) electrons. The summed E-state index contributed by atoms with van der Waals surface area (Å²) in [6, 6.07) is 14.9. The van der Waals surface area contributed by atoms with E-state index in [0.717, 1.165) is 36.2 Å². The molecule has 3 amide bonds. The molecule has 1 saturated carbocycles. The normalized spacial score (nSPS) is 18.6. The maximum absolute atomic E-state index is 12.7. The molecule has 150 valence electrons. The van der Waals surface area contributed by atoms with E-state index in [-0.39, 0.29) is 36.0 Å². The van der Waals surface area contributed by atoms with Gasteiger partial charge < -0.3 is 15.5 Å². The van der Waals surface area contributed by atoms with Crippen molar-refractivity contribution in [3.8, 4) is 0 Å². The number of anilines is 3. The van der Waals surface area contributed by atoms with E-state index < -0.39 is 0 Å². The number of hydrogen-bond acceptors (Lipinski definition) is 3. The van der Waals surface area contributed by atoms with Crippen LogP contribution in [-0.4, -0.2) is 24.3 Å². The summed E-state index contributed by atoms with van der Waals surface area (Å²) >= 11 is 0. The molecule has 2 aliphatic rings. The highest BCUT2D eigenvalue weighted by Gasteiger charge is 2.35. The average Bonchev–Trinajstić information content (AvgIpc) is 3.51. The van der Waals surface area contributed by atoms with E-state index in [1.807, 2.05) is 24.3 Å². The number of nitrogens with zero attached hydrogens (tertiary/aromatic N) is 1. The Morgan fingerprint density at radius 3 is 2.10 bits per heavy atom. The summed E-state index contributed by atoms with van der Waals surface area (Å²) in [5.41, 5.74) is 3.37. The van der Waals surface area contributed by atoms with Crippen LogP contribution in [0.1, 0.15) is 31.7 Å². The number of carbonyl (C=O) groups excluding carboxylic acids is 3. The summed E-state index contributed by atoms with van der Waals surface area (Å²) in [6.07, 6.45) is 2.96. The second-order valence-corrected chi connectivity index (χ2v) is 7.72. The summed E-state index contributed by atoms with van der Waals surface area (Å²) < 4.78 is 0. The van der Waals surface area contributed by atoms with E-state index in [2.05, 4.69) is 17.6 Å². The monoisotopic (exact) mass is 391 g/mol. The van der Waals surface area contributed by atoms with Crippen LogP contribution >= 0.6 is 0 Å². The summed E-state index contributed by atoms with van der Waals surface area (Å²) in [5.74, 6) is -0.371. The van der Waals surface area contributed by atoms with E-state index >= 15 is 0 Å². The lowest BCUT2D eigenvalue weighted by Gasteiger charge is -2.20. The van der Waals surface area contributed by atoms with Crippen LogP contribution in [0.4, 0.5) is 17.1 Å². The fourth-order valence-corrected chi connectivity index (χ4v) is 3.66. The number of benzene rings is 2. The molecule has 4 rings (SSSR count). The molecule has 1 unspecified atom stereocenters. The Morgan fingerprint density at radius 2 is 1.52 bits per heavy atom. The molecule has 2 fully saturated rings. The molecular formula is C23H25N3O3. The standard InChI is InChI=1S/C23H25N3O3/c1-2-15-5-3-4-6-20(15)26-14-17(13-21(26)27)23(29)25-19-11-9-18(10-12-19)24-22(28)16-7-8-16/h3-6,9-12,16-17H,2,7-8,13-14H2,1H3,(H,24,28)(H,25,29). The highest BCUT2D eigenvalue weighted by Crippen LogP contribution is 2.31. The smallest absolute Gasteiger partial charge is 0.229 e. The van der Waals surface area contributed by atoms with Crippen molar-refractivity contribution < 1.29 is 14.4 Å². The molecule has 1 heterocycles. The first-order valence-corrected chi connectivity index (χ1v) is 10.1. The number of rotatable bonds is 6. The predicted molar refractivity (Wildman–Crippen MR) is 113 cm³/mol. The number of carbonyl (C=O) groups is 3. The van der Waals surface area contributed by atoms with Crippen molar-refractivity contribution in [2.45, 2.75) is 32.6 Å². The molecule has 1 saturated heterocycles. The van der Waals surface area contributed by atoms with Crippen LogP contribution in [0.15, 0.2) is 48.5 Å². The van der Waals surface area contributed by atoms with Gasteiger partial charge in [-0.3, -0.25) is 14.4 Å². The van der Waals surface area contributed by atoms with Gasteiger partial charge in [-0.15, -0.1) is 0 Å². The molecule has 29 heavy (non-hydrogen) atoms. The van der Waals surface area contributed by atoms with Gasteiger partial charge in [0.2, 0.25) is 17.7 Å². The van der Waals surface area contributed by atoms with E-state index in [0.29, 0.717) is 12.2 Å². The number of para-hydroxylation sites is 1. The van der Waals surface area contributed by atoms with E-state index in [9.17, 15) is 14.4 Å². The second kappa shape index (κ2) is 8.07. The Kier molecular flexibility index (Phi) is 5.34. The maximum atomic E-state index is 12.7. The first-order valence-electron chi connectivity index (χ1n) is 10.1. The van der Waals surface area contributed by atoms with Crippen LogP contribution in [0.2, 0.25) is 0 Å². The van der Waals surface area contributed by atoms with Crippen LogP contribution < -0.4 is 15.5 Å². The molecule has 2 N–H and O–H groups in total. The van der Waals surface area contributed by atoms with Gasteiger partial charge in [0.05, 0.1) is 5.92 Å². The van der Waals surface area contributed by atoms with Gasteiger partial charge in [0.1, 0.15) is 0 Å². The quantitative estimate of drug-likeness (QED) is 0.790. The van der Waals surface area contributed by atoms with Crippen molar-refractivity contribution in [2.24, 2.45) is 11.8 Å². The minimum Gasteiger partial charge on any atom is -0.326 e. The molecule has 2 aromatic carbocycles. The van der Waals surface area contributed by atoms with E-state index in [1.54, 1.807) is 29.2 Å². The van der Waals surface area contributed by atoms with Crippen molar-refractivity contribution in [1.29, 1.82) is 0 Å². The molecular weight excluding hydrogens is 366 g/mol. The van der Waals surface area contributed by atoms with E-state index in [1.165, 1.54) is 0 Å². The Labute approximate surface area is 170 Å². The molecule has 1 aliphatic carbocycles. The van der Waals surface area contributed by atoms with Gasteiger partial charge >= 0.3 is 0 Å². The zero-order valence-corrected chi connectivity index (χ0v) is 16.5. The van der Waals surface area contributed by atoms with Gasteiger partial charge in [-0.2, -0.15) is 0 Å².